The van der Waals surface area contributed by atoms with Crippen molar-refractivity contribution in [3.8, 4) is 5.69 Å². The van der Waals surface area contributed by atoms with Crippen molar-refractivity contribution in [1.29, 1.82) is 0 Å². The van der Waals surface area contributed by atoms with Gasteiger partial charge in [-0.1, -0.05) is 18.2 Å². The zero-order valence-electron chi connectivity index (χ0n) is 18.1. The molecule has 0 saturated carbocycles. The summed E-state index contributed by atoms with van der Waals surface area (Å²) in [5.74, 6) is 2.31. The van der Waals surface area contributed by atoms with Gasteiger partial charge in [0.15, 0.2) is 17.1 Å². The van der Waals surface area contributed by atoms with Crippen LogP contribution in [0.4, 0.5) is 5.82 Å². The molecule has 6 rings (SSSR count). The van der Waals surface area contributed by atoms with E-state index in [-0.39, 0.29) is 5.56 Å². The van der Waals surface area contributed by atoms with Crippen molar-refractivity contribution < 1.29 is 0 Å². The van der Waals surface area contributed by atoms with Gasteiger partial charge in [0, 0.05) is 26.2 Å². The van der Waals surface area contributed by atoms with Crippen LogP contribution in [-0.4, -0.2) is 70.6 Å². The molecule has 0 spiro atoms. The molecular weight excluding hydrogens is 420 g/mol. The van der Waals surface area contributed by atoms with Crippen LogP contribution in [0.3, 0.4) is 0 Å². The molecular formula is C22H22N10O. The minimum absolute atomic E-state index is 0.169. The molecule has 5 aromatic rings. The van der Waals surface area contributed by atoms with E-state index in [1.165, 1.54) is 0 Å². The third kappa shape index (κ3) is 3.52. The second-order valence-corrected chi connectivity index (χ2v) is 8.11. The predicted octanol–water partition coefficient (Wildman–Crippen LogP) is 1.18. The fraction of sp³-hybridized carbons (Fsp3) is 0.273. The number of nitrogens with zero attached hydrogens (tertiary/aromatic N) is 9. The second-order valence-electron chi connectivity index (χ2n) is 8.11. The second kappa shape index (κ2) is 7.78. The number of rotatable bonds is 4. The third-order valence-electron chi connectivity index (χ3n) is 5.96. The van der Waals surface area contributed by atoms with Crippen LogP contribution in [0, 0.1) is 6.92 Å². The van der Waals surface area contributed by atoms with E-state index in [1.54, 1.807) is 15.4 Å². The zero-order chi connectivity index (χ0) is 22.4. The summed E-state index contributed by atoms with van der Waals surface area (Å²) in [5.41, 5.74) is 2.02. The molecule has 1 aliphatic rings. The molecule has 33 heavy (non-hydrogen) atoms. The van der Waals surface area contributed by atoms with Gasteiger partial charge in [0.1, 0.15) is 17.0 Å². The average Bonchev–Trinajstić information content (AvgIpc) is 3.44. The number of nitrogens with one attached hydrogen (secondary N) is 1. The number of fused-ring (bicyclic) bond motifs is 2. The van der Waals surface area contributed by atoms with E-state index in [9.17, 15) is 4.79 Å². The number of piperazine rings is 1. The van der Waals surface area contributed by atoms with Gasteiger partial charge in [0.05, 0.1) is 18.4 Å². The molecule has 166 valence electrons. The molecule has 1 fully saturated rings. The Bertz CT molecular complexity index is 1490. The lowest BCUT2D eigenvalue weighted by molar-refractivity contribution is 0.243. The molecule has 0 unspecified atom stereocenters. The van der Waals surface area contributed by atoms with E-state index in [1.807, 2.05) is 49.4 Å². The highest BCUT2D eigenvalue weighted by Crippen LogP contribution is 2.17. The molecule has 4 aromatic heterocycles. The monoisotopic (exact) mass is 442 g/mol. The quantitative estimate of drug-likeness (QED) is 0.441. The summed E-state index contributed by atoms with van der Waals surface area (Å²) in [7, 11) is 0. The first-order valence-corrected chi connectivity index (χ1v) is 10.8. The average molecular weight is 442 g/mol. The van der Waals surface area contributed by atoms with Gasteiger partial charge < -0.3 is 9.88 Å². The highest BCUT2D eigenvalue weighted by molar-refractivity contribution is 5.75. The summed E-state index contributed by atoms with van der Waals surface area (Å²) in [6, 6.07) is 13.6. The number of aryl methyl sites for hydroxylation is 1. The Kier molecular flexibility index (Phi) is 4.61. The summed E-state index contributed by atoms with van der Waals surface area (Å²) < 4.78 is 3.47. The third-order valence-corrected chi connectivity index (χ3v) is 5.96. The lowest BCUT2D eigenvalue weighted by Gasteiger charge is -2.34. The molecule has 0 atom stereocenters. The van der Waals surface area contributed by atoms with Crippen molar-refractivity contribution in [1.82, 2.24) is 44.5 Å². The van der Waals surface area contributed by atoms with E-state index in [0.717, 1.165) is 49.2 Å². The van der Waals surface area contributed by atoms with Gasteiger partial charge in [-0.05, 0) is 31.2 Å². The Morgan fingerprint density at radius 2 is 1.82 bits per heavy atom. The van der Waals surface area contributed by atoms with Crippen LogP contribution in [0.5, 0.6) is 0 Å². The summed E-state index contributed by atoms with van der Waals surface area (Å²) in [4.78, 5) is 24.8. The molecule has 1 aromatic carbocycles. The van der Waals surface area contributed by atoms with E-state index >= 15 is 0 Å². The Morgan fingerprint density at radius 1 is 1.00 bits per heavy atom. The molecule has 11 nitrogen and oxygen atoms in total. The van der Waals surface area contributed by atoms with Crippen LogP contribution in [-0.2, 0) is 6.54 Å². The van der Waals surface area contributed by atoms with Crippen molar-refractivity contribution in [2.24, 2.45) is 0 Å². The number of hydrogen-bond donors (Lipinski definition) is 1. The first-order chi connectivity index (χ1) is 16.2. The lowest BCUT2D eigenvalue weighted by atomic mass is 10.3. The SMILES string of the molecule is Cc1nnc2ccc(N3CCN(Cc4nc5c(cnn5-c5ccccc5)c(=O)[nH]4)CC3)nn12. The van der Waals surface area contributed by atoms with Crippen LogP contribution in [0.2, 0.25) is 0 Å². The maximum absolute atomic E-state index is 12.6. The predicted molar refractivity (Wildman–Crippen MR) is 122 cm³/mol. The van der Waals surface area contributed by atoms with Gasteiger partial charge in [-0.15, -0.1) is 15.3 Å². The van der Waals surface area contributed by atoms with Crippen molar-refractivity contribution in [2.45, 2.75) is 13.5 Å². The van der Waals surface area contributed by atoms with Gasteiger partial charge >= 0.3 is 0 Å². The van der Waals surface area contributed by atoms with Crippen LogP contribution >= 0.6 is 0 Å². The fourth-order valence-corrected chi connectivity index (χ4v) is 4.20. The van der Waals surface area contributed by atoms with Crippen molar-refractivity contribution in [3.63, 3.8) is 0 Å². The maximum atomic E-state index is 12.6. The smallest absolute Gasteiger partial charge is 0.262 e. The van der Waals surface area contributed by atoms with Crippen LogP contribution in [0.25, 0.3) is 22.4 Å². The maximum Gasteiger partial charge on any atom is 0.262 e. The largest absolute Gasteiger partial charge is 0.353 e. The first-order valence-electron chi connectivity index (χ1n) is 10.8. The molecule has 0 radical (unpaired) electrons. The van der Waals surface area contributed by atoms with Gasteiger partial charge in [0.2, 0.25) is 0 Å². The summed E-state index contributed by atoms with van der Waals surface area (Å²) in [6.45, 7) is 5.78. The fourth-order valence-electron chi connectivity index (χ4n) is 4.20. The number of para-hydroxylation sites is 1. The molecule has 0 amide bonds. The minimum Gasteiger partial charge on any atom is -0.353 e. The standard InChI is InChI=1S/C22H22N10O/c1-15-26-27-19-7-8-20(28-31(15)19)30-11-9-29(10-12-30)14-18-24-21-17(22(33)25-18)13-23-32(21)16-5-3-2-4-6-16/h2-8,13H,9-12,14H2,1H3,(H,24,25,33). The number of benzene rings is 1. The van der Waals surface area contributed by atoms with Gasteiger partial charge in [-0.25, -0.2) is 9.67 Å². The lowest BCUT2D eigenvalue weighted by Crippen LogP contribution is -2.46. The first kappa shape index (κ1) is 19.6. The van der Waals surface area contributed by atoms with E-state index in [4.69, 9.17) is 4.98 Å². The van der Waals surface area contributed by atoms with Crippen molar-refractivity contribution >= 4 is 22.5 Å². The van der Waals surface area contributed by atoms with Crippen molar-refractivity contribution in [3.05, 3.63) is 70.7 Å². The van der Waals surface area contributed by atoms with Gasteiger partial charge in [-0.3, -0.25) is 9.69 Å². The molecule has 1 N–H and O–H groups in total. The number of hydrogen-bond acceptors (Lipinski definition) is 8. The highest BCUT2D eigenvalue weighted by Gasteiger charge is 2.20. The molecule has 5 heterocycles. The van der Waals surface area contributed by atoms with E-state index in [0.29, 0.717) is 23.4 Å². The van der Waals surface area contributed by atoms with Gasteiger partial charge in [-0.2, -0.15) is 9.61 Å². The molecule has 1 aliphatic heterocycles. The summed E-state index contributed by atoms with van der Waals surface area (Å²) in [5, 5.41) is 17.7. The number of H-pyrrole nitrogens is 1. The van der Waals surface area contributed by atoms with Crippen LogP contribution in [0.1, 0.15) is 11.6 Å². The minimum atomic E-state index is -0.169. The Morgan fingerprint density at radius 3 is 2.64 bits per heavy atom. The molecule has 1 saturated heterocycles. The topological polar surface area (TPSA) is 113 Å². The van der Waals surface area contributed by atoms with Crippen LogP contribution in [0.15, 0.2) is 53.5 Å². The summed E-state index contributed by atoms with van der Waals surface area (Å²) >= 11 is 0. The summed E-state index contributed by atoms with van der Waals surface area (Å²) in [6.07, 6.45) is 1.57. The van der Waals surface area contributed by atoms with Gasteiger partial charge in [0.25, 0.3) is 5.56 Å². The van der Waals surface area contributed by atoms with E-state index < -0.39 is 0 Å². The Labute approximate surface area is 188 Å². The normalized spacial score (nSPS) is 15.0. The Hall–Kier alpha value is -4.12. The Balaban J connectivity index is 1.20. The number of aromatic amines is 1. The molecule has 11 heteroatoms. The van der Waals surface area contributed by atoms with Crippen molar-refractivity contribution in [2.75, 3.05) is 31.1 Å². The zero-order valence-corrected chi connectivity index (χ0v) is 18.1. The molecule has 0 bridgehead atoms. The van der Waals surface area contributed by atoms with E-state index in [2.05, 4.69) is 35.2 Å². The highest BCUT2D eigenvalue weighted by atomic mass is 16.1. The number of anilines is 1. The molecule has 0 aliphatic carbocycles. The number of aromatic nitrogens is 8. The van der Waals surface area contributed by atoms with Crippen LogP contribution < -0.4 is 10.5 Å².